The number of carbonyl (C=O) groups is 1. The Bertz CT molecular complexity index is 648. The summed E-state index contributed by atoms with van der Waals surface area (Å²) in [6, 6.07) is 9.37. The van der Waals surface area contributed by atoms with Crippen molar-refractivity contribution < 1.29 is 13.6 Å². The van der Waals surface area contributed by atoms with Crippen LogP contribution in [0.4, 0.5) is 8.78 Å². The normalized spacial score (nSPS) is 10.9. The first-order valence-corrected chi connectivity index (χ1v) is 6.99. The van der Waals surface area contributed by atoms with Gasteiger partial charge in [0, 0.05) is 11.1 Å². The molecule has 2 rings (SSSR count). The van der Waals surface area contributed by atoms with Gasteiger partial charge < -0.3 is 0 Å². The van der Waals surface area contributed by atoms with Crippen molar-refractivity contribution >= 4 is 21.7 Å². The van der Waals surface area contributed by atoms with E-state index >= 15 is 0 Å². The highest BCUT2D eigenvalue weighted by Crippen LogP contribution is 2.25. The van der Waals surface area contributed by atoms with Gasteiger partial charge >= 0.3 is 0 Å². The minimum atomic E-state index is -1.05. The molecule has 0 N–H and O–H groups in total. The van der Waals surface area contributed by atoms with Crippen LogP contribution >= 0.6 is 15.9 Å². The SMILES string of the molecule is CC(C)c1ccc(C(=O)c2ccc(F)c(F)c2Br)cc1. The summed E-state index contributed by atoms with van der Waals surface area (Å²) in [6.45, 7) is 4.12. The molecule has 0 aromatic heterocycles. The van der Waals surface area contributed by atoms with Gasteiger partial charge in [-0.1, -0.05) is 38.1 Å². The summed E-state index contributed by atoms with van der Waals surface area (Å²) >= 11 is 2.93. The Morgan fingerprint density at radius 3 is 2.20 bits per heavy atom. The van der Waals surface area contributed by atoms with Crippen molar-refractivity contribution in [2.75, 3.05) is 0 Å². The second-order valence-corrected chi connectivity index (χ2v) is 5.62. The number of hydrogen-bond acceptors (Lipinski definition) is 1. The molecule has 0 amide bonds. The zero-order valence-electron chi connectivity index (χ0n) is 11.1. The first-order valence-electron chi connectivity index (χ1n) is 6.20. The molecule has 0 aliphatic carbocycles. The minimum Gasteiger partial charge on any atom is -0.289 e. The smallest absolute Gasteiger partial charge is 0.194 e. The van der Waals surface area contributed by atoms with Crippen LogP contribution in [0.15, 0.2) is 40.9 Å². The number of benzene rings is 2. The van der Waals surface area contributed by atoms with E-state index in [1.54, 1.807) is 12.1 Å². The van der Waals surface area contributed by atoms with Crippen LogP contribution < -0.4 is 0 Å². The Kier molecular flexibility index (Phi) is 4.33. The zero-order valence-corrected chi connectivity index (χ0v) is 12.7. The Balaban J connectivity index is 2.39. The summed E-state index contributed by atoms with van der Waals surface area (Å²) < 4.78 is 26.4. The standard InChI is InChI=1S/C16H13BrF2O/c1-9(2)10-3-5-11(6-4-10)16(20)12-7-8-13(18)15(19)14(12)17/h3-9H,1-2H3. The van der Waals surface area contributed by atoms with E-state index in [-0.39, 0.29) is 15.8 Å². The number of carbonyl (C=O) groups excluding carboxylic acids is 1. The Morgan fingerprint density at radius 2 is 1.65 bits per heavy atom. The summed E-state index contributed by atoms with van der Waals surface area (Å²) in [5.74, 6) is -2.00. The average Bonchev–Trinajstić information content (AvgIpc) is 2.44. The first kappa shape index (κ1) is 14.9. The highest BCUT2D eigenvalue weighted by Gasteiger charge is 2.18. The van der Waals surface area contributed by atoms with Crippen LogP contribution in [0.1, 0.15) is 41.3 Å². The Labute approximate surface area is 124 Å². The molecule has 0 bridgehead atoms. The molecule has 0 spiro atoms. The maximum atomic E-state index is 13.5. The monoisotopic (exact) mass is 338 g/mol. The lowest BCUT2D eigenvalue weighted by atomic mass is 9.98. The molecule has 0 saturated carbocycles. The summed E-state index contributed by atoms with van der Waals surface area (Å²) in [6.07, 6.45) is 0. The van der Waals surface area contributed by atoms with E-state index < -0.39 is 11.6 Å². The number of halogens is 3. The topological polar surface area (TPSA) is 17.1 Å². The van der Waals surface area contributed by atoms with Crippen LogP contribution in [0.5, 0.6) is 0 Å². The van der Waals surface area contributed by atoms with Gasteiger partial charge in [-0.15, -0.1) is 0 Å². The van der Waals surface area contributed by atoms with Gasteiger partial charge in [0.05, 0.1) is 4.47 Å². The number of rotatable bonds is 3. The van der Waals surface area contributed by atoms with Crippen molar-refractivity contribution in [3.8, 4) is 0 Å². The molecule has 0 atom stereocenters. The molecule has 0 unspecified atom stereocenters. The third kappa shape index (κ3) is 2.80. The van der Waals surface area contributed by atoms with Crippen molar-refractivity contribution in [3.63, 3.8) is 0 Å². The van der Waals surface area contributed by atoms with Gasteiger partial charge in [0.25, 0.3) is 0 Å². The van der Waals surface area contributed by atoms with Crippen LogP contribution in [0.2, 0.25) is 0 Å². The third-order valence-corrected chi connectivity index (χ3v) is 3.89. The molecular formula is C16H13BrF2O. The molecule has 20 heavy (non-hydrogen) atoms. The first-order chi connectivity index (χ1) is 9.41. The predicted molar refractivity (Wildman–Crippen MR) is 78.0 cm³/mol. The highest BCUT2D eigenvalue weighted by molar-refractivity contribution is 9.10. The number of hydrogen-bond donors (Lipinski definition) is 0. The molecule has 0 saturated heterocycles. The summed E-state index contributed by atoms with van der Waals surface area (Å²) in [4.78, 5) is 12.3. The van der Waals surface area contributed by atoms with Crippen molar-refractivity contribution in [2.45, 2.75) is 19.8 Å². The minimum absolute atomic E-state index is 0.112. The fraction of sp³-hybridized carbons (Fsp3) is 0.188. The van der Waals surface area contributed by atoms with Gasteiger partial charge in [-0.05, 0) is 39.5 Å². The Hall–Kier alpha value is -1.55. The summed E-state index contributed by atoms with van der Waals surface area (Å²) in [5.41, 5.74) is 1.67. The lowest BCUT2D eigenvalue weighted by molar-refractivity contribution is 0.103. The van der Waals surface area contributed by atoms with Crippen molar-refractivity contribution in [2.24, 2.45) is 0 Å². The molecule has 1 nitrogen and oxygen atoms in total. The van der Waals surface area contributed by atoms with Crippen molar-refractivity contribution in [1.29, 1.82) is 0 Å². The predicted octanol–water partition coefficient (Wildman–Crippen LogP) is 5.08. The van der Waals surface area contributed by atoms with E-state index in [4.69, 9.17) is 0 Å². The zero-order chi connectivity index (χ0) is 14.9. The third-order valence-electron chi connectivity index (χ3n) is 3.12. The van der Waals surface area contributed by atoms with Crippen LogP contribution in [0.25, 0.3) is 0 Å². The lowest BCUT2D eigenvalue weighted by Gasteiger charge is -2.08. The van der Waals surface area contributed by atoms with Gasteiger partial charge in [0.2, 0.25) is 0 Å². The van der Waals surface area contributed by atoms with Crippen LogP contribution in [0, 0.1) is 11.6 Å². The molecule has 2 aromatic rings. The van der Waals surface area contributed by atoms with Gasteiger partial charge in [0.1, 0.15) is 0 Å². The van der Waals surface area contributed by atoms with Crippen LogP contribution in [0.3, 0.4) is 0 Å². The van der Waals surface area contributed by atoms with E-state index in [1.807, 2.05) is 12.1 Å². The maximum absolute atomic E-state index is 13.5. The summed E-state index contributed by atoms with van der Waals surface area (Å²) in [5, 5.41) is 0. The van der Waals surface area contributed by atoms with E-state index in [0.29, 0.717) is 11.5 Å². The van der Waals surface area contributed by atoms with E-state index in [0.717, 1.165) is 11.6 Å². The molecule has 0 fully saturated rings. The molecule has 0 radical (unpaired) electrons. The molecule has 0 heterocycles. The molecule has 4 heteroatoms. The van der Waals surface area contributed by atoms with E-state index in [9.17, 15) is 13.6 Å². The average molecular weight is 339 g/mol. The fourth-order valence-corrected chi connectivity index (χ4v) is 2.38. The lowest BCUT2D eigenvalue weighted by Crippen LogP contribution is -2.05. The van der Waals surface area contributed by atoms with E-state index in [2.05, 4.69) is 29.8 Å². The highest BCUT2D eigenvalue weighted by atomic mass is 79.9. The molecule has 104 valence electrons. The van der Waals surface area contributed by atoms with Crippen LogP contribution in [-0.2, 0) is 0 Å². The number of ketones is 1. The largest absolute Gasteiger partial charge is 0.289 e. The second-order valence-electron chi connectivity index (χ2n) is 4.83. The van der Waals surface area contributed by atoms with Crippen LogP contribution in [-0.4, -0.2) is 5.78 Å². The fourth-order valence-electron chi connectivity index (χ4n) is 1.88. The van der Waals surface area contributed by atoms with Gasteiger partial charge in [0.15, 0.2) is 17.4 Å². The van der Waals surface area contributed by atoms with Crippen molar-refractivity contribution in [1.82, 2.24) is 0 Å². The van der Waals surface area contributed by atoms with Gasteiger partial charge in [-0.3, -0.25) is 4.79 Å². The molecule has 2 aromatic carbocycles. The van der Waals surface area contributed by atoms with Gasteiger partial charge in [-0.2, -0.15) is 0 Å². The molecule has 0 aliphatic heterocycles. The van der Waals surface area contributed by atoms with Crippen molar-refractivity contribution in [3.05, 3.63) is 69.2 Å². The molecular weight excluding hydrogens is 326 g/mol. The quantitative estimate of drug-likeness (QED) is 0.563. The Morgan fingerprint density at radius 1 is 1.05 bits per heavy atom. The van der Waals surface area contributed by atoms with Gasteiger partial charge in [-0.25, -0.2) is 8.78 Å². The maximum Gasteiger partial charge on any atom is 0.194 e. The van der Waals surface area contributed by atoms with E-state index in [1.165, 1.54) is 6.07 Å². The summed E-state index contributed by atoms with van der Waals surface area (Å²) in [7, 11) is 0. The molecule has 0 aliphatic rings. The second kappa shape index (κ2) is 5.83.